The Labute approximate surface area is 122 Å². The zero-order valence-corrected chi connectivity index (χ0v) is 13.2. The molecule has 114 valence electrons. The van der Waals surface area contributed by atoms with Gasteiger partial charge < -0.3 is 10.0 Å². The van der Waals surface area contributed by atoms with Gasteiger partial charge in [0.1, 0.15) is 5.82 Å². The molecule has 1 N–H and O–H groups in total. The number of aliphatic hydroxyl groups is 1. The second-order valence-corrected chi connectivity index (χ2v) is 6.26. The van der Waals surface area contributed by atoms with E-state index in [9.17, 15) is 9.50 Å². The van der Waals surface area contributed by atoms with Crippen molar-refractivity contribution >= 4 is 5.69 Å². The van der Waals surface area contributed by atoms with E-state index in [0.29, 0.717) is 23.1 Å². The average molecular weight is 281 g/mol. The number of hydrogen-bond donors (Lipinski definition) is 1. The maximum Gasteiger partial charge on any atom is 0.146 e. The van der Waals surface area contributed by atoms with Gasteiger partial charge in [-0.15, -0.1) is 0 Å². The first-order chi connectivity index (χ1) is 9.45. The first-order valence-electron chi connectivity index (χ1n) is 7.58. The maximum atomic E-state index is 14.2. The lowest BCUT2D eigenvalue weighted by atomic mass is 10.1. The average Bonchev–Trinajstić information content (AvgIpc) is 2.39. The Morgan fingerprint density at radius 1 is 1.05 bits per heavy atom. The van der Waals surface area contributed by atoms with E-state index in [1.54, 1.807) is 12.1 Å². The van der Waals surface area contributed by atoms with Crippen LogP contribution in [0.15, 0.2) is 18.2 Å². The number of benzene rings is 1. The minimum Gasteiger partial charge on any atom is -0.392 e. The fourth-order valence-corrected chi connectivity index (χ4v) is 2.21. The Kier molecular flexibility index (Phi) is 7.00. The molecule has 0 bridgehead atoms. The standard InChI is InChI=1S/C17H28FNO/c1-13(2)8-10-19(11-9-14(3)4)17-15(12-20)6-5-7-16(17)18/h5-7,13-14,20H,8-12H2,1-4H3. The van der Waals surface area contributed by atoms with Crippen LogP contribution in [-0.4, -0.2) is 18.2 Å². The summed E-state index contributed by atoms with van der Waals surface area (Å²) in [5.41, 5.74) is 1.26. The van der Waals surface area contributed by atoms with E-state index in [1.165, 1.54) is 6.07 Å². The summed E-state index contributed by atoms with van der Waals surface area (Å²) in [6.07, 6.45) is 2.05. The molecule has 0 aromatic heterocycles. The van der Waals surface area contributed by atoms with E-state index in [4.69, 9.17) is 0 Å². The molecule has 0 radical (unpaired) electrons. The van der Waals surface area contributed by atoms with Crippen molar-refractivity contribution in [2.45, 2.75) is 47.1 Å². The van der Waals surface area contributed by atoms with E-state index in [1.807, 2.05) is 0 Å². The van der Waals surface area contributed by atoms with Gasteiger partial charge in [0, 0.05) is 18.7 Å². The lowest BCUT2D eigenvalue weighted by Gasteiger charge is -2.28. The van der Waals surface area contributed by atoms with Gasteiger partial charge in [0.15, 0.2) is 0 Å². The largest absolute Gasteiger partial charge is 0.392 e. The molecule has 0 aliphatic heterocycles. The minimum absolute atomic E-state index is 0.118. The number of aliphatic hydroxyl groups excluding tert-OH is 1. The molecule has 0 unspecified atom stereocenters. The summed E-state index contributed by atoms with van der Waals surface area (Å²) in [6.45, 7) is 10.2. The first kappa shape index (κ1) is 17.0. The first-order valence-corrected chi connectivity index (χ1v) is 7.58. The van der Waals surface area contributed by atoms with E-state index < -0.39 is 0 Å². The zero-order chi connectivity index (χ0) is 15.1. The minimum atomic E-state index is -0.232. The van der Waals surface area contributed by atoms with E-state index >= 15 is 0 Å². The molecule has 1 aromatic carbocycles. The molecular formula is C17H28FNO. The molecule has 0 saturated carbocycles. The molecule has 20 heavy (non-hydrogen) atoms. The monoisotopic (exact) mass is 281 g/mol. The van der Waals surface area contributed by atoms with Crippen LogP contribution in [0.3, 0.4) is 0 Å². The lowest BCUT2D eigenvalue weighted by Crippen LogP contribution is -2.29. The van der Waals surface area contributed by atoms with E-state index in [-0.39, 0.29) is 12.4 Å². The summed E-state index contributed by atoms with van der Waals surface area (Å²) >= 11 is 0. The topological polar surface area (TPSA) is 23.5 Å². The summed E-state index contributed by atoms with van der Waals surface area (Å²) in [5, 5.41) is 9.45. The third kappa shape index (κ3) is 5.12. The number of nitrogens with zero attached hydrogens (tertiary/aromatic N) is 1. The van der Waals surface area contributed by atoms with Crippen LogP contribution in [0.5, 0.6) is 0 Å². The highest BCUT2D eigenvalue weighted by atomic mass is 19.1. The van der Waals surface area contributed by atoms with Crippen LogP contribution in [0.4, 0.5) is 10.1 Å². The number of halogens is 1. The van der Waals surface area contributed by atoms with Gasteiger partial charge in [-0.25, -0.2) is 4.39 Å². The molecule has 0 spiro atoms. The Hall–Kier alpha value is -1.09. The fourth-order valence-electron chi connectivity index (χ4n) is 2.21. The van der Waals surface area contributed by atoms with E-state index in [0.717, 1.165) is 25.9 Å². The Bertz CT molecular complexity index is 392. The van der Waals surface area contributed by atoms with Crippen LogP contribution in [-0.2, 0) is 6.61 Å². The van der Waals surface area contributed by atoms with Crippen molar-refractivity contribution in [3.8, 4) is 0 Å². The maximum absolute atomic E-state index is 14.2. The summed E-state index contributed by atoms with van der Waals surface area (Å²) in [7, 11) is 0. The van der Waals surface area contributed by atoms with Gasteiger partial charge >= 0.3 is 0 Å². The molecule has 1 aromatic rings. The molecule has 3 heteroatoms. The van der Waals surface area contributed by atoms with Crippen molar-refractivity contribution in [1.82, 2.24) is 0 Å². The number of rotatable bonds is 8. The lowest BCUT2D eigenvalue weighted by molar-refractivity contribution is 0.281. The summed E-state index contributed by atoms with van der Waals surface area (Å²) in [6, 6.07) is 4.94. The van der Waals surface area contributed by atoms with Gasteiger partial charge in [-0.2, -0.15) is 0 Å². The third-order valence-electron chi connectivity index (χ3n) is 3.51. The molecule has 0 atom stereocenters. The second kappa shape index (κ2) is 8.25. The highest BCUT2D eigenvalue weighted by Crippen LogP contribution is 2.26. The third-order valence-corrected chi connectivity index (χ3v) is 3.51. The summed E-state index contributed by atoms with van der Waals surface area (Å²) < 4.78 is 14.2. The molecule has 0 heterocycles. The predicted octanol–water partition coefficient (Wildman–Crippen LogP) is 4.22. The SMILES string of the molecule is CC(C)CCN(CCC(C)C)c1c(F)cccc1CO. The van der Waals surface area contributed by atoms with Gasteiger partial charge in [-0.1, -0.05) is 39.8 Å². The van der Waals surface area contributed by atoms with Crippen LogP contribution in [0.1, 0.15) is 46.1 Å². The van der Waals surface area contributed by atoms with Crippen molar-refractivity contribution < 1.29 is 9.50 Å². The smallest absolute Gasteiger partial charge is 0.146 e. The Morgan fingerprint density at radius 2 is 1.60 bits per heavy atom. The van der Waals surface area contributed by atoms with Crippen LogP contribution in [0, 0.1) is 17.7 Å². The van der Waals surface area contributed by atoms with Gasteiger partial charge in [0.2, 0.25) is 0 Å². The van der Waals surface area contributed by atoms with Crippen LogP contribution in [0.2, 0.25) is 0 Å². The van der Waals surface area contributed by atoms with Gasteiger partial charge in [0.25, 0.3) is 0 Å². The van der Waals surface area contributed by atoms with Crippen molar-refractivity contribution in [1.29, 1.82) is 0 Å². The van der Waals surface area contributed by atoms with Gasteiger partial charge in [0.05, 0.1) is 12.3 Å². The van der Waals surface area contributed by atoms with Crippen molar-refractivity contribution in [2.75, 3.05) is 18.0 Å². The highest BCUT2D eigenvalue weighted by molar-refractivity contribution is 5.54. The van der Waals surface area contributed by atoms with Gasteiger partial charge in [-0.05, 0) is 30.7 Å². The number of hydrogen-bond acceptors (Lipinski definition) is 2. The van der Waals surface area contributed by atoms with Crippen molar-refractivity contribution in [3.63, 3.8) is 0 Å². The van der Waals surface area contributed by atoms with Crippen molar-refractivity contribution in [2.24, 2.45) is 11.8 Å². The molecule has 0 aliphatic rings. The van der Waals surface area contributed by atoms with Crippen LogP contribution < -0.4 is 4.90 Å². The zero-order valence-electron chi connectivity index (χ0n) is 13.2. The van der Waals surface area contributed by atoms with Crippen LogP contribution in [0.25, 0.3) is 0 Å². The molecule has 0 saturated heterocycles. The van der Waals surface area contributed by atoms with E-state index in [2.05, 4.69) is 32.6 Å². The molecule has 1 rings (SSSR count). The highest BCUT2D eigenvalue weighted by Gasteiger charge is 2.16. The predicted molar refractivity (Wildman–Crippen MR) is 83.4 cm³/mol. The molecule has 2 nitrogen and oxygen atoms in total. The summed E-state index contributed by atoms with van der Waals surface area (Å²) in [4.78, 5) is 2.10. The van der Waals surface area contributed by atoms with Gasteiger partial charge in [-0.3, -0.25) is 0 Å². The molecule has 0 fully saturated rings. The Morgan fingerprint density at radius 3 is 2.05 bits per heavy atom. The molecule has 0 amide bonds. The quantitative estimate of drug-likeness (QED) is 0.771. The number of anilines is 1. The molecular weight excluding hydrogens is 253 g/mol. The second-order valence-electron chi connectivity index (χ2n) is 6.26. The summed E-state index contributed by atoms with van der Waals surface area (Å²) in [5.74, 6) is 0.936. The molecule has 0 aliphatic carbocycles. The number of para-hydroxylation sites is 1. The van der Waals surface area contributed by atoms with Crippen LogP contribution >= 0.6 is 0 Å². The van der Waals surface area contributed by atoms with Crippen molar-refractivity contribution in [3.05, 3.63) is 29.6 Å². The normalized spacial score (nSPS) is 11.4. The fraction of sp³-hybridized carbons (Fsp3) is 0.647. The Balaban J connectivity index is 2.96.